The predicted molar refractivity (Wildman–Crippen MR) is 68.7 cm³/mol. The van der Waals surface area contributed by atoms with Crippen molar-refractivity contribution in [3.8, 4) is 0 Å². The minimum Gasteiger partial charge on any atom is -0.398 e. The van der Waals surface area contributed by atoms with E-state index in [0.717, 1.165) is 12.1 Å². The van der Waals surface area contributed by atoms with E-state index < -0.39 is 21.9 Å². The molecule has 19 heavy (non-hydrogen) atoms. The Kier molecular flexibility index (Phi) is 5.67. The molecule has 0 aliphatic rings. The number of benzene rings is 1. The lowest BCUT2D eigenvalue weighted by atomic mass is 10.3. The summed E-state index contributed by atoms with van der Waals surface area (Å²) in [5.74, 6) is -0.672. The second-order valence-corrected chi connectivity index (χ2v) is 5.58. The second kappa shape index (κ2) is 6.80. The van der Waals surface area contributed by atoms with Crippen molar-refractivity contribution in [2.75, 3.05) is 33.1 Å². The van der Waals surface area contributed by atoms with Gasteiger partial charge >= 0.3 is 0 Å². The van der Waals surface area contributed by atoms with Gasteiger partial charge in [-0.05, 0) is 18.2 Å². The normalized spacial score (nSPS) is 13.4. The van der Waals surface area contributed by atoms with Crippen LogP contribution in [0.3, 0.4) is 0 Å². The highest BCUT2D eigenvalue weighted by atomic mass is 32.2. The Morgan fingerprint density at radius 3 is 2.68 bits per heavy atom. The summed E-state index contributed by atoms with van der Waals surface area (Å²) < 4.78 is 49.2. The number of anilines is 1. The van der Waals surface area contributed by atoms with Crippen LogP contribution in [0.4, 0.5) is 10.1 Å². The van der Waals surface area contributed by atoms with Gasteiger partial charge in [-0.2, -0.15) is 0 Å². The van der Waals surface area contributed by atoms with Gasteiger partial charge in [0.2, 0.25) is 10.0 Å². The fourth-order valence-corrected chi connectivity index (χ4v) is 2.62. The number of sulfonamides is 1. The lowest BCUT2D eigenvalue weighted by molar-refractivity contribution is 0.0320. The zero-order valence-corrected chi connectivity index (χ0v) is 11.5. The largest absolute Gasteiger partial charge is 0.398 e. The van der Waals surface area contributed by atoms with Gasteiger partial charge in [0.15, 0.2) is 0 Å². The first-order valence-corrected chi connectivity index (χ1v) is 6.95. The van der Waals surface area contributed by atoms with Gasteiger partial charge in [0.05, 0.1) is 18.4 Å². The van der Waals surface area contributed by atoms with E-state index in [1.165, 1.54) is 20.3 Å². The van der Waals surface area contributed by atoms with Crippen LogP contribution < -0.4 is 10.5 Å². The summed E-state index contributed by atoms with van der Waals surface area (Å²) >= 11 is 0. The van der Waals surface area contributed by atoms with Crippen LogP contribution in [0.5, 0.6) is 0 Å². The molecular weight excluding hydrogens is 275 g/mol. The molecule has 1 aromatic rings. The predicted octanol–water partition coefficient (Wildman–Crippen LogP) is 0.348. The standard InChI is InChI=1S/C11H17FN2O4S/c1-17-7-9(18-2)6-14-19(15,16)11-5-8(12)3-4-10(11)13/h3-5,9,14H,6-7,13H2,1-2H3. The third-order valence-corrected chi connectivity index (χ3v) is 3.93. The fourth-order valence-electron chi connectivity index (χ4n) is 1.42. The molecule has 1 aromatic carbocycles. The maximum Gasteiger partial charge on any atom is 0.242 e. The molecule has 0 amide bonds. The molecule has 0 aromatic heterocycles. The molecule has 108 valence electrons. The summed E-state index contributed by atoms with van der Waals surface area (Å²) in [7, 11) is -0.971. The lowest BCUT2D eigenvalue weighted by Gasteiger charge is -2.15. The van der Waals surface area contributed by atoms with Gasteiger partial charge in [0.1, 0.15) is 10.7 Å². The molecule has 1 rings (SSSR count). The third kappa shape index (κ3) is 4.43. The van der Waals surface area contributed by atoms with Gasteiger partial charge in [-0.3, -0.25) is 0 Å². The first-order valence-electron chi connectivity index (χ1n) is 5.47. The smallest absolute Gasteiger partial charge is 0.242 e. The highest BCUT2D eigenvalue weighted by molar-refractivity contribution is 7.89. The zero-order chi connectivity index (χ0) is 14.5. The number of rotatable bonds is 7. The minimum atomic E-state index is -3.89. The van der Waals surface area contributed by atoms with Crippen molar-refractivity contribution >= 4 is 15.7 Å². The average Bonchev–Trinajstić information content (AvgIpc) is 2.37. The second-order valence-electron chi connectivity index (χ2n) is 3.85. The van der Waals surface area contributed by atoms with Crippen LogP contribution in [0, 0.1) is 5.82 Å². The molecule has 0 aliphatic carbocycles. The summed E-state index contributed by atoms with van der Waals surface area (Å²) in [5.41, 5.74) is 5.51. The highest BCUT2D eigenvalue weighted by Crippen LogP contribution is 2.18. The summed E-state index contributed by atoms with van der Waals surface area (Å²) in [5, 5.41) is 0. The Labute approximate surface area is 111 Å². The van der Waals surface area contributed by atoms with Crippen molar-refractivity contribution in [1.82, 2.24) is 4.72 Å². The van der Waals surface area contributed by atoms with Crippen molar-refractivity contribution in [3.63, 3.8) is 0 Å². The van der Waals surface area contributed by atoms with Crippen LogP contribution in [0.25, 0.3) is 0 Å². The Bertz CT molecular complexity index is 521. The maximum atomic E-state index is 13.1. The number of halogens is 1. The molecule has 0 radical (unpaired) electrons. The molecule has 1 atom stereocenters. The van der Waals surface area contributed by atoms with Gasteiger partial charge in [-0.25, -0.2) is 17.5 Å². The number of ether oxygens (including phenoxy) is 2. The number of nitrogens with one attached hydrogen (secondary N) is 1. The number of hydrogen-bond donors (Lipinski definition) is 2. The summed E-state index contributed by atoms with van der Waals surface area (Å²) in [6.45, 7) is 0.236. The molecule has 0 saturated carbocycles. The van der Waals surface area contributed by atoms with E-state index in [0.29, 0.717) is 0 Å². The summed E-state index contributed by atoms with van der Waals surface area (Å²) in [6.07, 6.45) is -0.436. The molecule has 6 nitrogen and oxygen atoms in total. The number of hydrogen-bond acceptors (Lipinski definition) is 5. The van der Waals surface area contributed by atoms with E-state index in [2.05, 4.69) is 4.72 Å². The fraction of sp³-hybridized carbons (Fsp3) is 0.455. The first kappa shape index (κ1) is 15.8. The number of nitrogen functional groups attached to an aromatic ring is 1. The molecule has 8 heteroatoms. The van der Waals surface area contributed by atoms with Gasteiger partial charge in [-0.1, -0.05) is 0 Å². The van der Waals surface area contributed by atoms with Crippen molar-refractivity contribution < 1.29 is 22.3 Å². The quantitative estimate of drug-likeness (QED) is 0.708. The molecule has 3 N–H and O–H groups in total. The van der Waals surface area contributed by atoms with E-state index in [4.69, 9.17) is 15.2 Å². The zero-order valence-electron chi connectivity index (χ0n) is 10.7. The topological polar surface area (TPSA) is 90.7 Å². The molecule has 0 bridgehead atoms. The number of methoxy groups -OCH3 is 2. The van der Waals surface area contributed by atoms with Crippen molar-refractivity contribution in [2.45, 2.75) is 11.0 Å². The van der Waals surface area contributed by atoms with Gasteiger partial charge < -0.3 is 15.2 Å². The van der Waals surface area contributed by atoms with Gasteiger partial charge in [0, 0.05) is 20.8 Å². The SMILES string of the molecule is COCC(CNS(=O)(=O)c1cc(F)ccc1N)OC. The maximum absolute atomic E-state index is 13.1. The Morgan fingerprint density at radius 1 is 1.42 bits per heavy atom. The van der Waals surface area contributed by atoms with Gasteiger partial charge in [0.25, 0.3) is 0 Å². The van der Waals surface area contributed by atoms with Gasteiger partial charge in [-0.15, -0.1) is 0 Å². The van der Waals surface area contributed by atoms with Crippen LogP contribution >= 0.6 is 0 Å². The lowest BCUT2D eigenvalue weighted by Crippen LogP contribution is -2.35. The summed E-state index contributed by atoms with van der Waals surface area (Å²) in [4.78, 5) is -0.292. The van der Waals surface area contributed by atoms with Crippen molar-refractivity contribution in [3.05, 3.63) is 24.0 Å². The molecule has 0 fully saturated rings. The minimum absolute atomic E-state index is 0.00261. The molecule has 1 unspecified atom stereocenters. The number of nitrogens with two attached hydrogens (primary N) is 1. The van der Waals surface area contributed by atoms with Crippen LogP contribution in [-0.2, 0) is 19.5 Å². The molecule has 0 heterocycles. The summed E-state index contributed by atoms with van der Waals surface area (Å²) in [6, 6.07) is 3.17. The molecule has 0 spiro atoms. The third-order valence-electron chi connectivity index (χ3n) is 2.45. The van der Waals surface area contributed by atoms with Crippen LogP contribution in [0.15, 0.2) is 23.1 Å². The monoisotopic (exact) mass is 292 g/mol. The Hall–Kier alpha value is -1.22. The Balaban J connectivity index is 2.83. The Morgan fingerprint density at radius 2 is 2.11 bits per heavy atom. The first-order chi connectivity index (χ1) is 8.90. The van der Waals surface area contributed by atoms with Crippen LogP contribution in [-0.4, -0.2) is 41.9 Å². The van der Waals surface area contributed by atoms with Crippen LogP contribution in [0.2, 0.25) is 0 Å². The molecule has 0 aliphatic heterocycles. The van der Waals surface area contributed by atoms with E-state index in [1.807, 2.05) is 0 Å². The van der Waals surface area contributed by atoms with E-state index in [9.17, 15) is 12.8 Å². The van der Waals surface area contributed by atoms with Crippen LogP contribution in [0.1, 0.15) is 0 Å². The van der Waals surface area contributed by atoms with Crippen molar-refractivity contribution in [2.24, 2.45) is 0 Å². The average molecular weight is 292 g/mol. The molecule has 0 saturated heterocycles. The van der Waals surface area contributed by atoms with E-state index >= 15 is 0 Å². The van der Waals surface area contributed by atoms with E-state index in [-0.39, 0.29) is 23.7 Å². The van der Waals surface area contributed by atoms with Crippen molar-refractivity contribution in [1.29, 1.82) is 0 Å². The molecular formula is C11H17FN2O4S. The highest BCUT2D eigenvalue weighted by Gasteiger charge is 2.20. The van der Waals surface area contributed by atoms with E-state index in [1.54, 1.807) is 0 Å².